The molecule has 66 heavy (non-hydrogen) atoms. The molecule has 2 fully saturated rings. The van der Waals surface area contributed by atoms with Gasteiger partial charge in [-0.2, -0.15) is 0 Å². The zero-order valence-corrected chi connectivity index (χ0v) is 37.7. The number of hydrogen-bond acceptors (Lipinski definition) is 12. The van der Waals surface area contributed by atoms with Gasteiger partial charge in [-0.25, -0.2) is 55.0 Å². The lowest BCUT2D eigenvalue weighted by Gasteiger charge is -2.43. The van der Waals surface area contributed by atoms with Gasteiger partial charge in [-0.3, -0.25) is 9.80 Å². The molecule has 0 amide bonds. The molecule has 4 aliphatic heterocycles. The highest BCUT2D eigenvalue weighted by molar-refractivity contribution is 7.93. The van der Waals surface area contributed by atoms with Gasteiger partial charge in [0.15, 0.2) is 0 Å². The molecule has 0 aliphatic carbocycles. The number of hydrogen-bond donors (Lipinski definition) is 2. The normalized spacial score (nSPS) is 21.1. The average molecular weight is 937 g/mol. The largest absolute Gasteiger partial charge is 0.493 e. The van der Waals surface area contributed by atoms with Crippen LogP contribution in [0.5, 0.6) is 11.5 Å². The monoisotopic (exact) mass is 936 g/mol. The summed E-state index contributed by atoms with van der Waals surface area (Å²) in [5, 5.41) is 0. The molecule has 4 aliphatic rings. The van der Waals surface area contributed by atoms with Crippen molar-refractivity contribution in [2.45, 2.75) is 85.3 Å². The predicted molar refractivity (Wildman–Crippen MR) is 244 cm³/mol. The van der Waals surface area contributed by atoms with Gasteiger partial charge in [0.25, 0.3) is 20.0 Å². The number of rotatable bonds is 10. The Morgan fingerprint density at radius 3 is 1.29 bits per heavy atom. The molecule has 0 spiro atoms. The summed E-state index contributed by atoms with van der Waals surface area (Å²) in [5.41, 5.74) is 3.88. The minimum absolute atomic E-state index is 0.0454. The van der Waals surface area contributed by atoms with Crippen molar-refractivity contribution in [1.82, 2.24) is 29.7 Å². The first-order valence-corrected chi connectivity index (χ1v) is 25.2. The van der Waals surface area contributed by atoms with Gasteiger partial charge in [0.1, 0.15) is 32.9 Å². The highest BCUT2D eigenvalue weighted by Gasteiger charge is 2.38. The Morgan fingerprint density at radius 1 is 0.500 bits per heavy atom. The van der Waals surface area contributed by atoms with Crippen LogP contribution in [0.25, 0.3) is 0 Å². The first-order chi connectivity index (χ1) is 32.1. The number of piperidine rings is 2. The first-order valence-electron chi connectivity index (χ1n) is 22.2. The Morgan fingerprint density at radius 2 is 0.894 bits per heavy atom. The average Bonchev–Trinajstić information content (AvgIpc) is 3.34. The van der Waals surface area contributed by atoms with E-state index in [4.69, 9.17) is 9.47 Å². The van der Waals surface area contributed by atoms with Crippen molar-refractivity contribution < 1.29 is 35.1 Å². The number of fused-ring (bicyclic) bond motifs is 2. The number of nitrogens with zero attached hydrogens (tertiary/aromatic N) is 6. The maximum atomic E-state index is 15.2. The van der Waals surface area contributed by atoms with Crippen molar-refractivity contribution in [2.75, 3.05) is 35.7 Å². The van der Waals surface area contributed by atoms with Crippen LogP contribution in [0, 0.1) is 11.6 Å². The van der Waals surface area contributed by atoms with E-state index in [-0.39, 0.29) is 36.1 Å². The van der Waals surface area contributed by atoms with Crippen LogP contribution < -0.4 is 18.9 Å². The van der Waals surface area contributed by atoms with Gasteiger partial charge in [-0.15, -0.1) is 0 Å². The maximum Gasteiger partial charge on any atom is 0.267 e. The van der Waals surface area contributed by atoms with Crippen molar-refractivity contribution in [3.63, 3.8) is 0 Å². The molecule has 0 saturated carbocycles. The molecular weight excluding hydrogens is 887 g/mol. The number of nitrogens with one attached hydrogen (secondary N) is 2. The quantitative estimate of drug-likeness (QED) is 0.134. The molecule has 14 nitrogen and oxygen atoms in total. The van der Waals surface area contributed by atoms with Gasteiger partial charge in [0, 0.05) is 85.1 Å². The Bertz CT molecular complexity index is 2640. The minimum atomic E-state index is -4.22. The number of anilines is 2. The zero-order valence-electron chi connectivity index (χ0n) is 36.0. The third kappa shape index (κ3) is 9.87. The second-order valence-corrected chi connectivity index (χ2v) is 19.9. The van der Waals surface area contributed by atoms with E-state index in [0.717, 1.165) is 64.5 Å². The van der Waals surface area contributed by atoms with Gasteiger partial charge >= 0.3 is 0 Å². The van der Waals surface area contributed by atoms with Crippen LogP contribution in [0.3, 0.4) is 0 Å². The Kier molecular flexibility index (Phi) is 13.5. The Hall–Kier alpha value is -6.08. The van der Waals surface area contributed by atoms with Gasteiger partial charge in [-0.1, -0.05) is 73.5 Å². The van der Waals surface area contributed by atoms with E-state index < -0.39 is 41.5 Å². The molecule has 10 rings (SSSR count). The number of halogens is 2. The van der Waals surface area contributed by atoms with Crippen LogP contribution in [0.2, 0.25) is 0 Å². The maximum absolute atomic E-state index is 15.2. The lowest BCUT2D eigenvalue weighted by molar-refractivity contribution is 0.0665. The Labute approximate surface area is 383 Å². The summed E-state index contributed by atoms with van der Waals surface area (Å²) in [7, 11) is -8.43. The zero-order chi connectivity index (χ0) is 45.7. The Balaban J connectivity index is 0.000000166. The molecule has 2 saturated heterocycles. The van der Waals surface area contributed by atoms with Crippen molar-refractivity contribution in [3.8, 4) is 11.5 Å². The standard InChI is InChI=1S/2C24H25FN4O3S/c2*25-19-15-18-21(29-13-5-4-9-20(29)17-7-2-1-3-8-17)10-14-32-22(18)16-23(19)33(30,31)28-24-26-11-6-12-27-24/h2*1-3,6-8,11-12,15-16,20-21H,4-5,9-10,13-14H2,(H,26,27,28)/t20-,21+;20-,21-/m00/s1. The fraction of sp³-hybridized carbons (Fsp3) is 0.333. The first kappa shape index (κ1) is 45.1. The molecule has 6 aromatic rings. The molecule has 4 aromatic carbocycles. The van der Waals surface area contributed by atoms with Crippen LogP contribution >= 0.6 is 0 Å². The number of aromatic nitrogens is 4. The van der Waals surface area contributed by atoms with Gasteiger partial charge in [0.05, 0.1) is 13.2 Å². The van der Waals surface area contributed by atoms with Gasteiger partial charge in [-0.05, 0) is 74.2 Å². The topological polar surface area (TPSA) is 169 Å². The van der Waals surface area contributed by atoms with Crippen LogP contribution in [-0.2, 0) is 20.0 Å². The molecule has 4 atom stereocenters. The second kappa shape index (κ2) is 19.8. The van der Waals surface area contributed by atoms with Crippen molar-refractivity contribution in [2.24, 2.45) is 0 Å². The van der Waals surface area contributed by atoms with Crippen LogP contribution in [0.15, 0.2) is 132 Å². The van der Waals surface area contributed by atoms with Gasteiger partial charge < -0.3 is 9.47 Å². The van der Waals surface area contributed by atoms with E-state index >= 15 is 8.78 Å². The smallest absolute Gasteiger partial charge is 0.267 e. The summed E-state index contributed by atoms with van der Waals surface area (Å²) in [6, 6.07) is 29.4. The molecule has 344 valence electrons. The predicted octanol–water partition coefficient (Wildman–Crippen LogP) is 8.93. The molecule has 2 aromatic heterocycles. The molecule has 6 heterocycles. The van der Waals surface area contributed by atoms with E-state index in [1.807, 2.05) is 36.4 Å². The highest BCUT2D eigenvalue weighted by atomic mass is 32.2. The lowest BCUT2D eigenvalue weighted by Crippen LogP contribution is -2.39. The van der Waals surface area contributed by atoms with E-state index in [1.165, 1.54) is 60.2 Å². The van der Waals surface area contributed by atoms with Crippen LogP contribution in [-0.4, -0.2) is 72.9 Å². The molecule has 2 N–H and O–H groups in total. The van der Waals surface area contributed by atoms with E-state index in [0.29, 0.717) is 35.8 Å². The third-order valence-corrected chi connectivity index (χ3v) is 15.3. The van der Waals surface area contributed by atoms with Crippen LogP contribution in [0.4, 0.5) is 20.7 Å². The van der Waals surface area contributed by atoms with Gasteiger partial charge in [0.2, 0.25) is 11.9 Å². The third-order valence-electron chi connectivity index (χ3n) is 12.6. The van der Waals surface area contributed by atoms with Crippen molar-refractivity contribution in [3.05, 3.63) is 156 Å². The number of benzene rings is 4. The fourth-order valence-corrected chi connectivity index (χ4v) is 11.7. The summed E-state index contributed by atoms with van der Waals surface area (Å²) in [4.78, 5) is 19.3. The fourth-order valence-electron chi connectivity index (χ4n) is 9.62. The van der Waals surface area contributed by atoms with Crippen molar-refractivity contribution >= 4 is 31.9 Å². The van der Waals surface area contributed by atoms with E-state index in [9.17, 15) is 16.8 Å². The number of likely N-dealkylation sites (tertiary alicyclic amines) is 2. The summed E-state index contributed by atoms with van der Waals surface area (Å²) in [6.07, 6.45) is 13.6. The lowest BCUT2D eigenvalue weighted by atomic mass is 9.89. The SMILES string of the molecule is O=S(=O)(Nc1ncccn1)c1cc2c(cc1F)[C@@H](N1CCCC[C@H]1c1ccccc1)CCO2.O=S(=O)(Nc1ncccn1)c1cc2c(cc1F)[C@H](N1CCCC[C@H]1c1ccccc1)CCO2. The van der Waals surface area contributed by atoms with Crippen LogP contribution in [0.1, 0.15) is 97.8 Å². The number of ether oxygens (including phenoxy) is 2. The summed E-state index contributed by atoms with van der Waals surface area (Å²) < 4.78 is 97.8. The molecular formula is C48H50F2N8O6S2. The molecule has 0 bridgehead atoms. The summed E-state index contributed by atoms with van der Waals surface area (Å²) >= 11 is 0. The minimum Gasteiger partial charge on any atom is -0.493 e. The second-order valence-electron chi connectivity index (χ2n) is 16.6. The number of sulfonamides is 2. The molecule has 0 radical (unpaired) electrons. The molecule has 18 heteroatoms. The van der Waals surface area contributed by atoms with Crippen molar-refractivity contribution in [1.29, 1.82) is 0 Å². The summed E-state index contributed by atoms with van der Waals surface area (Å²) in [5.74, 6) is -1.07. The van der Waals surface area contributed by atoms with E-state index in [2.05, 4.69) is 63.4 Å². The highest BCUT2D eigenvalue weighted by Crippen LogP contribution is 2.46. The summed E-state index contributed by atoms with van der Waals surface area (Å²) in [6.45, 7) is 2.68. The molecule has 0 unspecified atom stereocenters. The van der Waals surface area contributed by atoms with E-state index in [1.54, 1.807) is 12.1 Å².